The first-order valence-corrected chi connectivity index (χ1v) is 7.77. The fourth-order valence-corrected chi connectivity index (χ4v) is 4.19. The summed E-state index contributed by atoms with van der Waals surface area (Å²) in [5, 5.41) is 0.776. The number of carbonyl (C=O) groups is 1. The molecule has 0 bridgehead atoms. The Balaban J connectivity index is 2.89. The van der Waals surface area contributed by atoms with Crippen LogP contribution >= 0.6 is 59.1 Å². The zero-order valence-corrected chi connectivity index (χ0v) is 13.8. The summed E-state index contributed by atoms with van der Waals surface area (Å²) in [5.74, 6) is 0.0378. The highest BCUT2D eigenvalue weighted by molar-refractivity contribution is 9.12. The van der Waals surface area contributed by atoms with Gasteiger partial charge in [-0.05, 0) is 44.8 Å². The van der Waals surface area contributed by atoms with Crippen molar-refractivity contribution >= 4 is 65.0 Å². The van der Waals surface area contributed by atoms with E-state index in [1.54, 1.807) is 4.90 Å². The number of carbonyl (C=O) groups excluding carboxylic acids is 1. The molecule has 0 aliphatic heterocycles. The highest BCUT2D eigenvalue weighted by Crippen LogP contribution is 2.32. The van der Waals surface area contributed by atoms with Crippen molar-refractivity contribution in [3.8, 4) is 0 Å². The van der Waals surface area contributed by atoms with Crippen LogP contribution in [0.3, 0.4) is 0 Å². The average molecular weight is 420 g/mol. The Labute approximate surface area is 118 Å². The van der Waals surface area contributed by atoms with Crippen LogP contribution in [0.1, 0.15) is 17.3 Å². The normalized spacial score (nSPS) is 12.6. The SMILES string of the molecule is CC(CBr)N(C)C(=O)c1cc(Br)sc1Br. The lowest BCUT2D eigenvalue weighted by atomic mass is 10.2. The van der Waals surface area contributed by atoms with Gasteiger partial charge in [0.25, 0.3) is 5.91 Å². The molecule has 1 aromatic rings. The van der Waals surface area contributed by atoms with Crippen molar-refractivity contribution in [2.75, 3.05) is 12.4 Å². The Morgan fingerprint density at radius 2 is 2.20 bits per heavy atom. The van der Waals surface area contributed by atoms with Gasteiger partial charge in [0.2, 0.25) is 0 Å². The van der Waals surface area contributed by atoms with Crippen molar-refractivity contribution in [1.82, 2.24) is 4.90 Å². The molecule has 2 nitrogen and oxygen atoms in total. The van der Waals surface area contributed by atoms with Crippen molar-refractivity contribution < 1.29 is 4.79 Å². The first-order valence-electron chi connectivity index (χ1n) is 4.25. The van der Waals surface area contributed by atoms with Crippen LogP contribution in [0.25, 0.3) is 0 Å². The lowest BCUT2D eigenvalue weighted by molar-refractivity contribution is 0.0758. The van der Waals surface area contributed by atoms with Gasteiger partial charge < -0.3 is 4.90 Å². The van der Waals surface area contributed by atoms with E-state index in [2.05, 4.69) is 47.8 Å². The van der Waals surface area contributed by atoms with Crippen molar-refractivity contribution in [2.24, 2.45) is 0 Å². The van der Waals surface area contributed by atoms with E-state index in [4.69, 9.17) is 0 Å². The Morgan fingerprint density at radius 3 is 2.60 bits per heavy atom. The van der Waals surface area contributed by atoms with Gasteiger partial charge in [0.15, 0.2) is 0 Å². The zero-order valence-electron chi connectivity index (χ0n) is 8.26. The maximum atomic E-state index is 12.0. The summed E-state index contributed by atoms with van der Waals surface area (Å²) in [6.45, 7) is 2.00. The molecule has 84 valence electrons. The summed E-state index contributed by atoms with van der Waals surface area (Å²) in [6, 6.07) is 2.03. The van der Waals surface area contributed by atoms with E-state index in [1.165, 1.54) is 11.3 Å². The Bertz CT molecular complexity index is 366. The molecule has 1 heterocycles. The van der Waals surface area contributed by atoms with Crippen molar-refractivity contribution in [3.63, 3.8) is 0 Å². The summed E-state index contributed by atoms with van der Waals surface area (Å²) in [4.78, 5) is 13.8. The van der Waals surface area contributed by atoms with Gasteiger partial charge in [-0.25, -0.2) is 0 Å². The van der Waals surface area contributed by atoms with Gasteiger partial charge in [0.1, 0.15) is 0 Å². The number of alkyl halides is 1. The molecule has 1 aromatic heterocycles. The van der Waals surface area contributed by atoms with E-state index >= 15 is 0 Å². The van der Waals surface area contributed by atoms with Crippen LogP contribution in [0.2, 0.25) is 0 Å². The second-order valence-corrected chi connectivity index (χ2v) is 7.55. The highest BCUT2D eigenvalue weighted by Gasteiger charge is 2.20. The number of thiophene rings is 1. The van der Waals surface area contributed by atoms with Gasteiger partial charge in [0.05, 0.1) is 13.1 Å². The molecular weight excluding hydrogens is 410 g/mol. The highest BCUT2D eigenvalue weighted by atomic mass is 79.9. The topological polar surface area (TPSA) is 20.3 Å². The quantitative estimate of drug-likeness (QED) is 0.674. The predicted octanol–water partition coefficient (Wildman–Crippen LogP) is 4.13. The molecule has 0 N–H and O–H groups in total. The van der Waals surface area contributed by atoms with Gasteiger partial charge in [0, 0.05) is 18.4 Å². The standard InChI is InChI=1S/C9H10Br3NOS/c1-5(4-10)13(2)9(14)6-3-7(11)15-8(6)12/h3,5H,4H2,1-2H3. The Hall–Kier alpha value is 0.610. The summed E-state index contributed by atoms with van der Waals surface area (Å²) in [5.41, 5.74) is 0.710. The lowest BCUT2D eigenvalue weighted by Gasteiger charge is -2.22. The second kappa shape index (κ2) is 5.80. The summed E-state index contributed by atoms with van der Waals surface area (Å²) < 4.78 is 1.82. The number of amides is 1. The smallest absolute Gasteiger partial charge is 0.255 e. The molecule has 1 rings (SSSR count). The van der Waals surface area contributed by atoms with Crippen molar-refractivity contribution in [2.45, 2.75) is 13.0 Å². The van der Waals surface area contributed by atoms with Crippen LogP contribution in [-0.4, -0.2) is 29.2 Å². The molecule has 0 saturated heterocycles. The zero-order chi connectivity index (χ0) is 11.6. The molecular formula is C9H10Br3NOS. The number of hydrogen-bond donors (Lipinski definition) is 0. The minimum atomic E-state index is 0.0378. The van der Waals surface area contributed by atoms with E-state index in [1.807, 2.05) is 20.0 Å². The lowest BCUT2D eigenvalue weighted by Crippen LogP contribution is -2.35. The van der Waals surface area contributed by atoms with Crippen LogP contribution in [0.4, 0.5) is 0 Å². The maximum absolute atomic E-state index is 12.0. The van der Waals surface area contributed by atoms with E-state index in [0.29, 0.717) is 5.56 Å². The van der Waals surface area contributed by atoms with Crippen molar-refractivity contribution in [1.29, 1.82) is 0 Å². The second-order valence-electron chi connectivity index (χ2n) is 3.16. The number of nitrogens with zero attached hydrogens (tertiary/aromatic N) is 1. The van der Waals surface area contributed by atoms with Crippen LogP contribution in [0.15, 0.2) is 13.6 Å². The number of halogens is 3. The summed E-state index contributed by atoms with van der Waals surface area (Å²) in [6.07, 6.45) is 0. The first-order chi connectivity index (χ1) is 6.97. The Morgan fingerprint density at radius 1 is 1.60 bits per heavy atom. The average Bonchev–Trinajstić information content (AvgIpc) is 2.54. The first kappa shape index (κ1) is 13.7. The molecule has 6 heteroatoms. The van der Waals surface area contributed by atoms with E-state index in [9.17, 15) is 4.79 Å². The van der Waals surface area contributed by atoms with Crippen LogP contribution in [-0.2, 0) is 0 Å². The molecule has 0 saturated carbocycles. The largest absolute Gasteiger partial charge is 0.338 e. The van der Waals surface area contributed by atoms with Crippen LogP contribution < -0.4 is 0 Å². The molecule has 15 heavy (non-hydrogen) atoms. The number of rotatable bonds is 3. The van der Waals surface area contributed by atoms with Gasteiger partial charge in [-0.15, -0.1) is 11.3 Å². The van der Waals surface area contributed by atoms with Gasteiger partial charge in [-0.2, -0.15) is 0 Å². The predicted molar refractivity (Wildman–Crippen MR) is 75.1 cm³/mol. The third kappa shape index (κ3) is 3.28. The molecule has 1 atom stereocenters. The molecule has 1 unspecified atom stereocenters. The fourth-order valence-electron chi connectivity index (χ4n) is 0.980. The molecule has 0 aliphatic carbocycles. The van der Waals surface area contributed by atoms with E-state index in [0.717, 1.165) is 12.9 Å². The number of hydrogen-bond acceptors (Lipinski definition) is 2. The fraction of sp³-hybridized carbons (Fsp3) is 0.444. The third-order valence-corrected chi connectivity index (χ3v) is 5.37. The minimum absolute atomic E-state index is 0.0378. The van der Waals surface area contributed by atoms with Gasteiger partial charge in [-0.3, -0.25) is 4.79 Å². The molecule has 0 fully saturated rings. The molecule has 0 aromatic carbocycles. The summed E-state index contributed by atoms with van der Waals surface area (Å²) in [7, 11) is 1.81. The minimum Gasteiger partial charge on any atom is -0.338 e. The van der Waals surface area contributed by atoms with Gasteiger partial charge in [-0.1, -0.05) is 15.9 Å². The monoisotopic (exact) mass is 417 g/mol. The Kier molecular flexibility index (Phi) is 5.28. The molecule has 1 amide bonds. The van der Waals surface area contributed by atoms with Crippen LogP contribution in [0, 0.1) is 0 Å². The summed E-state index contributed by atoms with van der Waals surface area (Å²) >= 11 is 11.6. The van der Waals surface area contributed by atoms with Crippen LogP contribution in [0.5, 0.6) is 0 Å². The molecule has 0 spiro atoms. The van der Waals surface area contributed by atoms with E-state index < -0.39 is 0 Å². The maximum Gasteiger partial charge on any atom is 0.255 e. The van der Waals surface area contributed by atoms with Gasteiger partial charge >= 0.3 is 0 Å². The van der Waals surface area contributed by atoms with E-state index in [-0.39, 0.29) is 11.9 Å². The van der Waals surface area contributed by atoms with Crippen molar-refractivity contribution in [3.05, 3.63) is 19.2 Å². The third-order valence-electron chi connectivity index (χ3n) is 2.09. The molecule has 0 radical (unpaired) electrons. The molecule has 0 aliphatic rings.